The van der Waals surface area contributed by atoms with Crippen molar-refractivity contribution in [3.63, 3.8) is 0 Å². The number of aryl methyl sites for hydroxylation is 2. The number of ether oxygens (including phenoxy) is 1. The Morgan fingerprint density at radius 3 is 2.57 bits per heavy atom. The van der Waals surface area contributed by atoms with Gasteiger partial charge in [0.1, 0.15) is 17.5 Å². The van der Waals surface area contributed by atoms with Crippen molar-refractivity contribution < 1.29 is 18.7 Å². The maximum atomic E-state index is 13.8. The third-order valence-electron chi connectivity index (χ3n) is 4.53. The monoisotopic (exact) mass is 411 g/mol. The van der Waals surface area contributed by atoms with Gasteiger partial charge in [-0.05, 0) is 62.1 Å². The van der Waals surface area contributed by atoms with E-state index >= 15 is 0 Å². The number of carbonyl (C=O) groups is 2. The van der Waals surface area contributed by atoms with E-state index in [1.165, 1.54) is 18.2 Å². The highest BCUT2D eigenvalue weighted by molar-refractivity contribution is 6.00. The van der Waals surface area contributed by atoms with Crippen LogP contribution >= 0.6 is 0 Å². The summed E-state index contributed by atoms with van der Waals surface area (Å²) in [5.74, 6) is -1.74. The molecule has 7 heteroatoms. The number of hydrogen-bond acceptors (Lipinski definition) is 4. The first kappa shape index (κ1) is 22.9. The minimum atomic E-state index is -0.911. The largest absolute Gasteiger partial charge is 0.451 e. The third kappa shape index (κ3) is 5.80. The number of halogens is 1. The minimum absolute atomic E-state index is 0.00436. The van der Waals surface area contributed by atoms with Crippen LogP contribution in [0.2, 0.25) is 0 Å². The number of anilines is 1. The number of rotatable bonds is 7. The average molecular weight is 411 g/mol. The maximum Gasteiger partial charge on any atom is 0.349 e. The summed E-state index contributed by atoms with van der Waals surface area (Å²) in [4.78, 5) is 24.2. The lowest BCUT2D eigenvalue weighted by atomic mass is 10.1. The van der Waals surface area contributed by atoms with E-state index in [0.29, 0.717) is 11.5 Å². The van der Waals surface area contributed by atoms with Gasteiger partial charge < -0.3 is 14.6 Å². The molecule has 6 nitrogen and oxygen atoms in total. The highest BCUT2D eigenvalue weighted by Gasteiger charge is 2.16. The molecule has 2 rings (SSSR count). The zero-order chi connectivity index (χ0) is 22.4. The smallest absolute Gasteiger partial charge is 0.349 e. The Morgan fingerprint density at radius 1 is 1.27 bits per heavy atom. The van der Waals surface area contributed by atoms with Crippen LogP contribution in [-0.2, 0) is 20.9 Å². The van der Waals surface area contributed by atoms with Crippen LogP contribution in [0.3, 0.4) is 0 Å². The fourth-order valence-electron chi connectivity index (χ4n) is 3.03. The lowest BCUT2D eigenvalue weighted by Crippen LogP contribution is -2.22. The molecule has 1 N–H and O–H groups in total. The van der Waals surface area contributed by atoms with E-state index in [2.05, 4.69) is 23.7 Å². The molecule has 0 aliphatic heterocycles. The second-order valence-electron chi connectivity index (χ2n) is 7.61. The highest BCUT2D eigenvalue weighted by atomic mass is 19.1. The van der Waals surface area contributed by atoms with Crippen molar-refractivity contribution >= 4 is 23.6 Å². The van der Waals surface area contributed by atoms with Crippen molar-refractivity contribution in [1.29, 1.82) is 5.26 Å². The topological polar surface area (TPSA) is 84.1 Å². The summed E-state index contributed by atoms with van der Waals surface area (Å²) in [6, 6.07) is 8.08. The first-order valence-electron chi connectivity index (χ1n) is 9.64. The predicted molar refractivity (Wildman–Crippen MR) is 113 cm³/mol. The molecule has 0 fully saturated rings. The second kappa shape index (κ2) is 9.88. The lowest BCUT2D eigenvalue weighted by Gasteiger charge is -2.12. The maximum absolute atomic E-state index is 13.8. The molecule has 1 aromatic carbocycles. The van der Waals surface area contributed by atoms with Gasteiger partial charge in [-0.2, -0.15) is 5.26 Å². The molecule has 0 unspecified atom stereocenters. The Morgan fingerprint density at radius 2 is 1.97 bits per heavy atom. The normalized spacial score (nSPS) is 11.3. The standard InChI is InChI=1S/C23H26FN3O3/c1-14(2)12-27-16(4)9-18(17(27)5)10-19(11-25)23(29)30-13-22(28)26-21-7-6-15(3)8-20(21)24/h6-10,14H,12-13H2,1-5H3,(H,26,28)/b19-10+. The van der Waals surface area contributed by atoms with Crippen LogP contribution in [0.15, 0.2) is 29.8 Å². The van der Waals surface area contributed by atoms with Crippen molar-refractivity contribution in [2.24, 2.45) is 5.92 Å². The van der Waals surface area contributed by atoms with E-state index in [1.807, 2.05) is 26.0 Å². The molecule has 0 aliphatic rings. The summed E-state index contributed by atoms with van der Waals surface area (Å²) in [5, 5.41) is 11.7. The molecular formula is C23H26FN3O3. The van der Waals surface area contributed by atoms with Crippen molar-refractivity contribution in [2.45, 2.75) is 41.2 Å². The first-order valence-corrected chi connectivity index (χ1v) is 9.64. The molecular weight excluding hydrogens is 385 g/mol. The molecule has 0 aliphatic carbocycles. The van der Waals surface area contributed by atoms with Gasteiger partial charge in [0.05, 0.1) is 5.69 Å². The SMILES string of the molecule is Cc1ccc(NC(=O)COC(=O)/C(C#N)=C/c2cc(C)n(CC(C)C)c2C)c(F)c1. The number of nitrogens with zero attached hydrogens (tertiary/aromatic N) is 2. The predicted octanol–water partition coefficient (Wildman–Crippen LogP) is 4.30. The Labute approximate surface area is 176 Å². The molecule has 0 radical (unpaired) electrons. The van der Waals surface area contributed by atoms with Gasteiger partial charge in [-0.1, -0.05) is 19.9 Å². The van der Waals surface area contributed by atoms with Crippen LogP contribution in [0.5, 0.6) is 0 Å². The Hall–Kier alpha value is -3.40. The summed E-state index contributed by atoms with van der Waals surface area (Å²) in [5.41, 5.74) is 3.21. The quantitative estimate of drug-likeness (QED) is 0.418. The minimum Gasteiger partial charge on any atom is -0.451 e. The molecule has 158 valence electrons. The van der Waals surface area contributed by atoms with Gasteiger partial charge in [-0.3, -0.25) is 4.79 Å². The third-order valence-corrected chi connectivity index (χ3v) is 4.53. The average Bonchev–Trinajstić information content (AvgIpc) is 2.93. The van der Waals surface area contributed by atoms with Crippen LogP contribution in [0.4, 0.5) is 10.1 Å². The first-order chi connectivity index (χ1) is 14.1. The van der Waals surface area contributed by atoms with E-state index in [-0.39, 0.29) is 11.3 Å². The zero-order valence-electron chi connectivity index (χ0n) is 17.9. The molecule has 1 aromatic heterocycles. The molecule has 0 atom stereocenters. The molecule has 0 saturated carbocycles. The van der Waals surface area contributed by atoms with Crippen LogP contribution in [0.25, 0.3) is 6.08 Å². The molecule has 2 aromatic rings. The van der Waals surface area contributed by atoms with Gasteiger partial charge in [-0.15, -0.1) is 0 Å². The van der Waals surface area contributed by atoms with E-state index in [9.17, 15) is 19.2 Å². The molecule has 30 heavy (non-hydrogen) atoms. The number of esters is 1. The van der Waals surface area contributed by atoms with E-state index in [4.69, 9.17) is 4.74 Å². The van der Waals surface area contributed by atoms with Crippen molar-refractivity contribution in [3.8, 4) is 6.07 Å². The number of nitriles is 1. The van der Waals surface area contributed by atoms with Gasteiger partial charge in [0.2, 0.25) is 0 Å². The van der Waals surface area contributed by atoms with Crippen molar-refractivity contribution in [2.75, 3.05) is 11.9 Å². The number of benzene rings is 1. The molecule has 1 heterocycles. The number of amides is 1. The van der Waals surface area contributed by atoms with Gasteiger partial charge in [0.25, 0.3) is 5.91 Å². The van der Waals surface area contributed by atoms with Gasteiger partial charge in [0.15, 0.2) is 6.61 Å². The number of nitrogens with one attached hydrogen (secondary N) is 1. The number of hydrogen-bond donors (Lipinski definition) is 1. The van der Waals surface area contributed by atoms with Crippen LogP contribution in [0, 0.1) is 43.8 Å². The van der Waals surface area contributed by atoms with Crippen LogP contribution in [0.1, 0.15) is 36.4 Å². The Balaban J connectivity index is 2.06. The zero-order valence-corrected chi connectivity index (χ0v) is 17.9. The van der Waals surface area contributed by atoms with Gasteiger partial charge >= 0.3 is 5.97 Å². The Kier molecular flexibility index (Phi) is 7.54. The molecule has 0 spiro atoms. The van der Waals surface area contributed by atoms with Gasteiger partial charge in [0, 0.05) is 17.9 Å². The molecule has 0 bridgehead atoms. The summed E-state index contributed by atoms with van der Waals surface area (Å²) in [6.07, 6.45) is 1.46. The fourth-order valence-corrected chi connectivity index (χ4v) is 3.03. The van der Waals surface area contributed by atoms with E-state index in [0.717, 1.165) is 23.5 Å². The number of aromatic nitrogens is 1. The van der Waals surface area contributed by atoms with Crippen LogP contribution < -0.4 is 5.32 Å². The summed E-state index contributed by atoms with van der Waals surface area (Å²) >= 11 is 0. The summed E-state index contributed by atoms with van der Waals surface area (Å²) in [6.45, 7) is 10.0. The molecule has 0 saturated heterocycles. The summed E-state index contributed by atoms with van der Waals surface area (Å²) < 4.78 is 20.9. The number of carbonyl (C=O) groups excluding carboxylic acids is 2. The lowest BCUT2D eigenvalue weighted by molar-refractivity contribution is -0.142. The van der Waals surface area contributed by atoms with E-state index in [1.54, 1.807) is 13.0 Å². The fraction of sp³-hybridized carbons (Fsp3) is 0.348. The van der Waals surface area contributed by atoms with Crippen molar-refractivity contribution in [1.82, 2.24) is 4.57 Å². The van der Waals surface area contributed by atoms with Crippen molar-refractivity contribution in [3.05, 3.63) is 58.2 Å². The Bertz CT molecular complexity index is 1030. The van der Waals surface area contributed by atoms with Crippen LogP contribution in [-0.4, -0.2) is 23.1 Å². The highest BCUT2D eigenvalue weighted by Crippen LogP contribution is 2.20. The second-order valence-corrected chi connectivity index (χ2v) is 7.61. The molecule has 1 amide bonds. The summed E-state index contributed by atoms with van der Waals surface area (Å²) in [7, 11) is 0. The van der Waals surface area contributed by atoms with Gasteiger partial charge in [-0.25, -0.2) is 9.18 Å². The van der Waals surface area contributed by atoms with E-state index < -0.39 is 24.3 Å².